The Bertz CT molecular complexity index is 953. The highest BCUT2D eigenvalue weighted by atomic mass is 19.1. The lowest BCUT2D eigenvalue weighted by Gasteiger charge is -2.44. The molecule has 2 aliphatic carbocycles. The first-order valence-corrected chi connectivity index (χ1v) is 12.7. The van der Waals surface area contributed by atoms with Crippen molar-refractivity contribution in [3.63, 3.8) is 0 Å². The number of benzene rings is 1. The summed E-state index contributed by atoms with van der Waals surface area (Å²) in [6.07, 6.45) is 7.85. The third-order valence-electron chi connectivity index (χ3n) is 8.34. The number of carbonyl (C=O) groups excluding carboxylic acids is 1. The standard InChI is InChI=1S/C26H33F2N3O3/c27-18-11-20-17-4-6-19(7-5-17)33-13-23-22(30-16-26(15-29)8-2-9-26)3-1-10-31(23)24(32)14-34-25(20)21(28)12-18/h11-12,17,19,22-23,30H,1-10,13-14,16H2/t17?,19?,22-,23-/m0/s1. The van der Waals surface area contributed by atoms with Crippen molar-refractivity contribution in [3.05, 3.63) is 29.3 Å². The number of hydrogen-bond acceptors (Lipinski definition) is 5. The van der Waals surface area contributed by atoms with Gasteiger partial charge >= 0.3 is 0 Å². The maximum atomic E-state index is 14.7. The van der Waals surface area contributed by atoms with Gasteiger partial charge in [-0.15, -0.1) is 0 Å². The number of rotatable bonds is 3. The second kappa shape index (κ2) is 9.79. The Morgan fingerprint density at radius 1 is 1.15 bits per heavy atom. The van der Waals surface area contributed by atoms with Gasteiger partial charge < -0.3 is 19.7 Å². The number of carbonyl (C=O) groups is 1. The number of nitriles is 1. The van der Waals surface area contributed by atoms with Gasteiger partial charge in [0.1, 0.15) is 5.82 Å². The van der Waals surface area contributed by atoms with Crippen LogP contribution in [0.4, 0.5) is 8.78 Å². The molecule has 2 bridgehead atoms. The Morgan fingerprint density at radius 2 is 1.94 bits per heavy atom. The fraction of sp³-hybridized carbons (Fsp3) is 0.692. The number of fused-ring (bicyclic) bond motifs is 5. The minimum Gasteiger partial charge on any atom is -0.480 e. The number of amides is 1. The molecule has 6 rings (SSSR count). The van der Waals surface area contributed by atoms with E-state index in [2.05, 4.69) is 11.4 Å². The summed E-state index contributed by atoms with van der Waals surface area (Å²) < 4.78 is 40.8. The highest BCUT2D eigenvalue weighted by Crippen LogP contribution is 2.41. The zero-order valence-electron chi connectivity index (χ0n) is 19.5. The summed E-state index contributed by atoms with van der Waals surface area (Å²) in [5.74, 6) is -1.62. The van der Waals surface area contributed by atoms with Crippen LogP contribution < -0.4 is 10.1 Å². The summed E-state index contributed by atoms with van der Waals surface area (Å²) in [7, 11) is 0. The largest absolute Gasteiger partial charge is 0.480 e. The van der Waals surface area contributed by atoms with Gasteiger partial charge in [-0.3, -0.25) is 4.79 Å². The highest BCUT2D eigenvalue weighted by Gasteiger charge is 2.41. The van der Waals surface area contributed by atoms with E-state index in [4.69, 9.17) is 9.47 Å². The van der Waals surface area contributed by atoms with E-state index in [0.29, 0.717) is 25.3 Å². The number of nitrogens with zero attached hydrogens (tertiary/aromatic N) is 2. The van der Waals surface area contributed by atoms with Gasteiger partial charge in [-0.05, 0) is 63.4 Å². The second-order valence-corrected chi connectivity index (χ2v) is 10.4. The topological polar surface area (TPSA) is 74.6 Å². The molecule has 8 heteroatoms. The summed E-state index contributed by atoms with van der Waals surface area (Å²) in [5.41, 5.74) is 0.217. The monoisotopic (exact) mass is 473 g/mol. The van der Waals surface area contributed by atoms with Crippen molar-refractivity contribution in [2.24, 2.45) is 5.41 Å². The fourth-order valence-corrected chi connectivity index (χ4v) is 6.10. The Morgan fingerprint density at radius 3 is 2.65 bits per heavy atom. The number of ether oxygens (including phenoxy) is 2. The average Bonchev–Trinajstić information content (AvgIpc) is 2.82. The van der Waals surface area contributed by atoms with Crippen molar-refractivity contribution < 1.29 is 23.0 Å². The minimum absolute atomic E-state index is 0.00236. The van der Waals surface area contributed by atoms with E-state index in [1.165, 1.54) is 6.07 Å². The molecule has 3 heterocycles. The van der Waals surface area contributed by atoms with Crippen molar-refractivity contribution in [3.8, 4) is 11.8 Å². The molecule has 2 saturated carbocycles. The molecule has 6 nitrogen and oxygen atoms in total. The SMILES string of the molecule is N#CC1(CN[C@H]2CCCN3C(=O)COc4c(F)cc(F)cc4C4CCC(CC4)OC[C@@H]23)CCC1. The summed E-state index contributed by atoms with van der Waals surface area (Å²) in [6.45, 7) is 1.34. The highest BCUT2D eigenvalue weighted by molar-refractivity contribution is 5.78. The zero-order chi connectivity index (χ0) is 23.7. The molecule has 0 radical (unpaired) electrons. The first-order valence-electron chi connectivity index (χ1n) is 12.7. The molecule has 0 spiro atoms. The molecule has 1 aromatic carbocycles. The van der Waals surface area contributed by atoms with Crippen LogP contribution in [0.15, 0.2) is 12.1 Å². The van der Waals surface area contributed by atoms with Gasteiger partial charge in [0.25, 0.3) is 5.91 Å². The molecule has 2 atom stereocenters. The normalized spacial score (nSPS) is 31.0. The molecule has 0 unspecified atom stereocenters. The molecule has 5 aliphatic rings. The van der Waals surface area contributed by atoms with Crippen LogP contribution in [0.5, 0.6) is 5.75 Å². The summed E-state index contributed by atoms with van der Waals surface area (Å²) in [6, 6.07) is 4.52. The molecule has 1 amide bonds. The van der Waals surface area contributed by atoms with E-state index < -0.39 is 11.6 Å². The van der Waals surface area contributed by atoms with E-state index >= 15 is 0 Å². The number of hydrogen-bond donors (Lipinski definition) is 1. The molecule has 184 valence electrons. The Kier molecular flexibility index (Phi) is 6.76. The van der Waals surface area contributed by atoms with Crippen LogP contribution in [0, 0.1) is 28.4 Å². The lowest BCUT2D eigenvalue weighted by atomic mass is 9.70. The van der Waals surface area contributed by atoms with Gasteiger partial charge in [0.15, 0.2) is 18.2 Å². The van der Waals surface area contributed by atoms with Gasteiger partial charge in [-0.25, -0.2) is 8.78 Å². The fourth-order valence-electron chi connectivity index (χ4n) is 6.10. The molecule has 1 N–H and O–H groups in total. The number of nitrogens with one attached hydrogen (secondary N) is 1. The maximum absolute atomic E-state index is 14.7. The van der Waals surface area contributed by atoms with Crippen LogP contribution in [0.1, 0.15) is 69.3 Å². The molecule has 34 heavy (non-hydrogen) atoms. The van der Waals surface area contributed by atoms with E-state index in [1.807, 2.05) is 0 Å². The summed E-state index contributed by atoms with van der Waals surface area (Å²) in [5, 5.41) is 13.2. The van der Waals surface area contributed by atoms with Gasteiger partial charge in [-0.2, -0.15) is 5.26 Å². The Hall–Kier alpha value is -2.24. The van der Waals surface area contributed by atoms with E-state index in [9.17, 15) is 18.8 Å². The van der Waals surface area contributed by atoms with Crippen LogP contribution in [0.25, 0.3) is 0 Å². The van der Waals surface area contributed by atoms with Crippen molar-refractivity contribution in [1.82, 2.24) is 10.2 Å². The van der Waals surface area contributed by atoms with Gasteiger partial charge in [-0.1, -0.05) is 6.42 Å². The van der Waals surface area contributed by atoms with Crippen LogP contribution >= 0.6 is 0 Å². The lowest BCUT2D eigenvalue weighted by molar-refractivity contribution is -0.141. The van der Waals surface area contributed by atoms with Crippen LogP contribution in [0.2, 0.25) is 0 Å². The van der Waals surface area contributed by atoms with Crippen molar-refractivity contribution in [2.75, 3.05) is 26.3 Å². The quantitative estimate of drug-likeness (QED) is 0.717. The van der Waals surface area contributed by atoms with Crippen LogP contribution in [-0.4, -0.2) is 55.3 Å². The smallest absolute Gasteiger partial charge is 0.260 e. The third-order valence-corrected chi connectivity index (χ3v) is 8.34. The number of piperidine rings is 1. The molecule has 1 aromatic rings. The first-order chi connectivity index (χ1) is 16.5. The lowest BCUT2D eigenvalue weighted by Crippen LogP contribution is -2.60. The average molecular weight is 474 g/mol. The minimum atomic E-state index is -0.756. The van der Waals surface area contributed by atoms with E-state index in [1.54, 1.807) is 4.90 Å². The predicted molar refractivity (Wildman–Crippen MR) is 121 cm³/mol. The van der Waals surface area contributed by atoms with Crippen molar-refractivity contribution >= 4 is 5.91 Å². The molecular formula is C26H33F2N3O3. The van der Waals surface area contributed by atoms with Gasteiger partial charge in [0.2, 0.25) is 0 Å². The molecular weight excluding hydrogens is 440 g/mol. The Labute approximate surface area is 199 Å². The van der Waals surface area contributed by atoms with E-state index in [-0.39, 0.29) is 47.8 Å². The Balaban J connectivity index is 1.38. The van der Waals surface area contributed by atoms with Crippen molar-refractivity contribution in [1.29, 1.82) is 5.26 Å². The molecule has 3 aliphatic heterocycles. The molecule has 1 saturated heterocycles. The van der Waals surface area contributed by atoms with Gasteiger partial charge in [0.05, 0.1) is 30.2 Å². The number of halogens is 2. The maximum Gasteiger partial charge on any atom is 0.260 e. The summed E-state index contributed by atoms with van der Waals surface area (Å²) in [4.78, 5) is 15.1. The summed E-state index contributed by atoms with van der Waals surface area (Å²) >= 11 is 0. The second-order valence-electron chi connectivity index (χ2n) is 10.4. The van der Waals surface area contributed by atoms with Gasteiger partial charge in [0, 0.05) is 30.8 Å². The molecule has 0 aromatic heterocycles. The zero-order valence-corrected chi connectivity index (χ0v) is 19.5. The predicted octanol–water partition coefficient (Wildman–Crippen LogP) is 4.04. The van der Waals surface area contributed by atoms with Crippen LogP contribution in [-0.2, 0) is 9.53 Å². The van der Waals surface area contributed by atoms with E-state index in [0.717, 1.165) is 63.9 Å². The third kappa shape index (κ3) is 4.65. The molecule has 3 fully saturated rings. The van der Waals surface area contributed by atoms with Crippen molar-refractivity contribution in [2.45, 2.75) is 81.9 Å². The van der Waals surface area contributed by atoms with Crippen LogP contribution in [0.3, 0.4) is 0 Å². The first kappa shape index (κ1) is 23.5.